The topological polar surface area (TPSA) is 94.2 Å². The summed E-state index contributed by atoms with van der Waals surface area (Å²) in [4.78, 5) is 36.4. The zero-order valence-electron chi connectivity index (χ0n) is 21.3. The molecule has 1 aliphatic heterocycles. The number of primary amides is 1. The molecule has 0 saturated heterocycles. The van der Waals surface area contributed by atoms with Crippen LogP contribution >= 0.6 is 11.8 Å². The van der Waals surface area contributed by atoms with Crippen LogP contribution in [-0.4, -0.2) is 33.3 Å². The van der Waals surface area contributed by atoms with E-state index in [0.29, 0.717) is 0 Å². The number of carbonyl (C=O) groups excluding carboxylic acids is 3. The highest BCUT2D eigenvalue weighted by molar-refractivity contribution is 8.13. The molecule has 6 nitrogen and oxygen atoms in total. The first-order chi connectivity index (χ1) is 17.1. The van der Waals surface area contributed by atoms with Crippen LogP contribution in [0, 0.1) is 12.3 Å². The van der Waals surface area contributed by atoms with E-state index in [1.165, 1.54) is 23.7 Å². The van der Waals surface area contributed by atoms with E-state index in [9.17, 15) is 14.4 Å². The molecule has 0 saturated carbocycles. The van der Waals surface area contributed by atoms with Crippen molar-refractivity contribution in [3.8, 4) is 22.3 Å². The lowest BCUT2D eigenvalue weighted by molar-refractivity contribution is -0.125. The minimum atomic E-state index is -0.884. The largest absolute Gasteiger partial charge is 0.368 e. The quantitative estimate of drug-likeness (QED) is 0.473. The van der Waals surface area contributed by atoms with Crippen LogP contribution in [0.3, 0.4) is 0 Å². The third kappa shape index (κ3) is 5.57. The summed E-state index contributed by atoms with van der Waals surface area (Å²) in [5.74, 6) is -0.895. The molecular formula is C29H33N3O3S. The Morgan fingerprint density at radius 2 is 1.67 bits per heavy atom. The molecule has 3 aromatic rings. The lowest BCUT2D eigenvalue weighted by Crippen LogP contribution is -2.45. The summed E-state index contributed by atoms with van der Waals surface area (Å²) < 4.78 is 2.33. The third-order valence-corrected chi connectivity index (χ3v) is 7.52. The SMILES string of the molecule is CC(=O)NC(CSC(=O)Cc1c(-c2ccc(C)cc2)c(-c2ccccc2)c2n1CC(C)(C)C2)C(N)=O. The van der Waals surface area contributed by atoms with Crippen LogP contribution in [0.4, 0.5) is 0 Å². The van der Waals surface area contributed by atoms with Gasteiger partial charge in [0.05, 0.1) is 6.42 Å². The van der Waals surface area contributed by atoms with Gasteiger partial charge in [0.25, 0.3) is 0 Å². The van der Waals surface area contributed by atoms with Crippen molar-refractivity contribution in [2.75, 3.05) is 5.75 Å². The Balaban J connectivity index is 1.76. The lowest BCUT2D eigenvalue weighted by Gasteiger charge is -2.19. The number of thioether (sulfide) groups is 1. The van der Waals surface area contributed by atoms with Gasteiger partial charge in [-0.1, -0.05) is 85.8 Å². The number of nitrogens with one attached hydrogen (secondary N) is 1. The Morgan fingerprint density at radius 3 is 2.28 bits per heavy atom. The number of aromatic nitrogens is 1. The number of nitrogens with two attached hydrogens (primary N) is 1. The van der Waals surface area contributed by atoms with Crippen LogP contribution in [-0.2, 0) is 33.8 Å². The minimum absolute atomic E-state index is 0.0652. The summed E-state index contributed by atoms with van der Waals surface area (Å²) in [5, 5.41) is 2.46. The normalized spacial score (nSPS) is 14.8. The Morgan fingerprint density at radius 1 is 1.03 bits per heavy atom. The molecule has 0 aliphatic carbocycles. The fourth-order valence-corrected chi connectivity index (χ4v) is 5.81. The van der Waals surface area contributed by atoms with Crippen LogP contribution < -0.4 is 11.1 Å². The molecule has 188 valence electrons. The van der Waals surface area contributed by atoms with Crippen LogP contribution in [0.25, 0.3) is 22.3 Å². The first kappa shape index (κ1) is 25.8. The monoisotopic (exact) mass is 503 g/mol. The Kier molecular flexibility index (Phi) is 7.41. The lowest BCUT2D eigenvalue weighted by atomic mass is 9.86. The molecule has 3 N–H and O–H groups in total. The Bertz CT molecular complexity index is 1290. The van der Waals surface area contributed by atoms with E-state index < -0.39 is 11.9 Å². The smallest absolute Gasteiger partial charge is 0.240 e. The van der Waals surface area contributed by atoms with Gasteiger partial charge in [0.15, 0.2) is 5.12 Å². The number of nitrogens with zero attached hydrogens (tertiary/aromatic N) is 1. The van der Waals surface area contributed by atoms with Crippen molar-refractivity contribution < 1.29 is 14.4 Å². The van der Waals surface area contributed by atoms with E-state index >= 15 is 0 Å². The van der Waals surface area contributed by atoms with Gasteiger partial charge >= 0.3 is 0 Å². The molecule has 0 radical (unpaired) electrons. The van der Waals surface area contributed by atoms with Gasteiger partial charge in [-0.3, -0.25) is 14.4 Å². The molecule has 4 rings (SSSR count). The van der Waals surface area contributed by atoms with Crippen LogP contribution in [0.5, 0.6) is 0 Å². The van der Waals surface area contributed by atoms with Crippen molar-refractivity contribution >= 4 is 28.7 Å². The summed E-state index contributed by atoms with van der Waals surface area (Å²) in [6.07, 6.45) is 1.14. The molecule has 0 spiro atoms. The third-order valence-electron chi connectivity index (χ3n) is 6.56. The number of carbonyl (C=O) groups is 3. The van der Waals surface area contributed by atoms with Gasteiger partial charge in [-0.25, -0.2) is 0 Å². The van der Waals surface area contributed by atoms with Gasteiger partial charge in [-0.15, -0.1) is 0 Å². The van der Waals surface area contributed by atoms with Gasteiger partial charge in [0.2, 0.25) is 11.8 Å². The van der Waals surface area contributed by atoms with Gasteiger partial charge < -0.3 is 15.6 Å². The summed E-state index contributed by atoms with van der Waals surface area (Å²) >= 11 is 1.04. The number of benzene rings is 2. The number of hydrogen-bond donors (Lipinski definition) is 2. The van der Waals surface area contributed by atoms with Gasteiger partial charge in [-0.2, -0.15) is 0 Å². The first-order valence-electron chi connectivity index (χ1n) is 12.1. The molecule has 2 heterocycles. The van der Waals surface area contributed by atoms with Crippen molar-refractivity contribution in [1.29, 1.82) is 0 Å². The van der Waals surface area contributed by atoms with Gasteiger partial charge in [0.1, 0.15) is 6.04 Å². The molecule has 2 amide bonds. The molecular weight excluding hydrogens is 470 g/mol. The van der Waals surface area contributed by atoms with Crippen molar-refractivity contribution in [2.45, 2.75) is 53.1 Å². The molecule has 1 aliphatic rings. The van der Waals surface area contributed by atoms with E-state index in [1.807, 2.05) is 18.2 Å². The maximum absolute atomic E-state index is 13.3. The maximum atomic E-state index is 13.3. The van der Waals surface area contributed by atoms with E-state index in [-0.39, 0.29) is 28.6 Å². The number of aryl methyl sites for hydroxylation is 1. The molecule has 0 fully saturated rings. The summed E-state index contributed by atoms with van der Waals surface area (Å²) in [6.45, 7) is 8.73. The highest BCUT2D eigenvalue weighted by atomic mass is 32.2. The predicted octanol–water partition coefficient (Wildman–Crippen LogP) is 4.51. The van der Waals surface area contributed by atoms with Crippen molar-refractivity contribution in [3.05, 3.63) is 71.5 Å². The van der Waals surface area contributed by atoms with E-state index in [0.717, 1.165) is 47.1 Å². The van der Waals surface area contributed by atoms with Crippen molar-refractivity contribution in [1.82, 2.24) is 9.88 Å². The molecule has 1 aromatic heterocycles. The fraction of sp³-hybridized carbons (Fsp3) is 0.345. The average Bonchev–Trinajstić information content (AvgIpc) is 3.27. The van der Waals surface area contributed by atoms with Crippen LogP contribution in [0.1, 0.15) is 37.7 Å². The molecule has 2 aromatic carbocycles. The number of amides is 2. The molecule has 1 unspecified atom stereocenters. The second-order valence-electron chi connectivity index (χ2n) is 10.3. The highest BCUT2D eigenvalue weighted by Crippen LogP contribution is 2.47. The molecule has 36 heavy (non-hydrogen) atoms. The second kappa shape index (κ2) is 10.3. The highest BCUT2D eigenvalue weighted by Gasteiger charge is 2.36. The summed E-state index contributed by atoms with van der Waals surface area (Å²) in [6, 6.07) is 17.9. The standard InChI is InChI=1S/C29H33N3O3S/c1-18-10-12-21(13-11-18)26-23(14-25(34)36-16-22(28(30)35)31-19(2)33)32-17-29(3,4)15-24(32)27(26)20-8-6-5-7-9-20/h5-13,22H,14-17H2,1-4H3,(H2,30,35)(H,31,33). The summed E-state index contributed by atoms with van der Waals surface area (Å²) in [7, 11) is 0. The van der Waals surface area contributed by atoms with Crippen molar-refractivity contribution in [2.24, 2.45) is 11.1 Å². The number of fused-ring (bicyclic) bond motifs is 1. The Hall–Kier alpha value is -3.32. The average molecular weight is 504 g/mol. The first-order valence-corrected chi connectivity index (χ1v) is 13.1. The molecule has 7 heteroatoms. The van der Waals surface area contributed by atoms with Gasteiger partial charge in [0, 0.05) is 41.7 Å². The molecule has 1 atom stereocenters. The number of hydrogen-bond acceptors (Lipinski definition) is 4. The minimum Gasteiger partial charge on any atom is -0.368 e. The fourth-order valence-electron chi connectivity index (χ4n) is 4.97. The zero-order chi connectivity index (χ0) is 26.0. The van der Waals surface area contributed by atoms with E-state index in [4.69, 9.17) is 5.73 Å². The van der Waals surface area contributed by atoms with Crippen molar-refractivity contribution in [3.63, 3.8) is 0 Å². The van der Waals surface area contributed by atoms with E-state index in [1.54, 1.807) is 0 Å². The van der Waals surface area contributed by atoms with E-state index in [2.05, 4.69) is 67.1 Å². The predicted molar refractivity (Wildman–Crippen MR) is 145 cm³/mol. The van der Waals surface area contributed by atoms with Gasteiger partial charge in [-0.05, 0) is 29.9 Å². The second-order valence-corrected chi connectivity index (χ2v) is 11.4. The maximum Gasteiger partial charge on any atom is 0.240 e. The van der Waals surface area contributed by atoms with Crippen LogP contribution in [0.2, 0.25) is 0 Å². The van der Waals surface area contributed by atoms with Crippen LogP contribution in [0.15, 0.2) is 54.6 Å². The Labute approximate surface area is 216 Å². The number of rotatable bonds is 8. The molecule has 0 bridgehead atoms. The summed E-state index contributed by atoms with van der Waals surface area (Å²) in [5.41, 5.74) is 13.4. The zero-order valence-corrected chi connectivity index (χ0v) is 22.1.